The van der Waals surface area contributed by atoms with E-state index in [1.54, 1.807) is 36.1 Å². The van der Waals surface area contributed by atoms with E-state index in [1.807, 2.05) is 18.2 Å². The van der Waals surface area contributed by atoms with Crippen LogP contribution >= 0.6 is 34.8 Å². The highest BCUT2D eigenvalue weighted by Crippen LogP contribution is 2.24. The summed E-state index contributed by atoms with van der Waals surface area (Å²) in [7, 11) is 0. The highest BCUT2D eigenvalue weighted by molar-refractivity contribution is 6.35. The number of amides is 2. The molecule has 0 radical (unpaired) electrons. The Morgan fingerprint density at radius 1 is 1.03 bits per heavy atom. The zero-order chi connectivity index (χ0) is 22.1. The molecule has 0 aliphatic carbocycles. The number of hydrogen-bond acceptors (Lipinski definition) is 2. The standard InChI is InChI=1S/C23H27Cl3N2O2/c1-3-4-13-27-23(30)16(2)28(15-18-9-11-19(24)14-21(18)26)22(29)12-10-17-7-5-6-8-20(17)25/h5-9,11,14,16H,3-4,10,12-13,15H2,1-2H3,(H,27,30)/t16-/m1/s1. The van der Waals surface area contributed by atoms with E-state index >= 15 is 0 Å². The number of hydrogen-bond donors (Lipinski definition) is 1. The largest absolute Gasteiger partial charge is 0.354 e. The summed E-state index contributed by atoms with van der Waals surface area (Å²) in [6, 6.07) is 11.9. The van der Waals surface area contributed by atoms with E-state index in [2.05, 4.69) is 12.2 Å². The van der Waals surface area contributed by atoms with Crippen LogP contribution in [0.15, 0.2) is 42.5 Å². The molecular weight excluding hydrogens is 443 g/mol. The number of benzene rings is 2. The fourth-order valence-corrected chi connectivity index (χ4v) is 3.74. The lowest BCUT2D eigenvalue weighted by Gasteiger charge is -2.29. The van der Waals surface area contributed by atoms with Crippen molar-refractivity contribution >= 4 is 46.6 Å². The summed E-state index contributed by atoms with van der Waals surface area (Å²) in [5.41, 5.74) is 1.64. The average molecular weight is 470 g/mol. The summed E-state index contributed by atoms with van der Waals surface area (Å²) < 4.78 is 0. The van der Waals surface area contributed by atoms with Gasteiger partial charge in [-0.15, -0.1) is 0 Å². The quantitative estimate of drug-likeness (QED) is 0.440. The van der Waals surface area contributed by atoms with Gasteiger partial charge in [-0.05, 0) is 49.1 Å². The third-order valence-corrected chi connectivity index (χ3v) is 5.87. The van der Waals surface area contributed by atoms with Crippen LogP contribution in [0.5, 0.6) is 0 Å². The van der Waals surface area contributed by atoms with Crippen LogP contribution in [0.25, 0.3) is 0 Å². The van der Waals surface area contributed by atoms with Gasteiger partial charge in [0.05, 0.1) is 0 Å². The van der Waals surface area contributed by atoms with Crippen LogP contribution in [0.2, 0.25) is 15.1 Å². The van der Waals surface area contributed by atoms with Gasteiger partial charge in [-0.3, -0.25) is 9.59 Å². The first-order valence-electron chi connectivity index (χ1n) is 10.1. The Morgan fingerprint density at radius 2 is 1.77 bits per heavy atom. The first-order chi connectivity index (χ1) is 14.3. The Kier molecular flexibility index (Phi) is 9.96. The van der Waals surface area contributed by atoms with Gasteiger partial charge in [0.25, 0.3) is 0 Å². The van der Waals surface area contributed by atoms with Gasteiger partial charge in [0, 0.05) is 34.6 Å². The second-order valence-electron chi connectivity index (χ2n) is 7.17. The van der Waals surface area contributed by atoms with E-state index in [0.717, 1.165) is 24.0 Å². The summed E-state index contributed by atoms with van der Waals surface area (Å²) in [6.45, 7) is 4.60. The first kappa shape index (κ1) is 24.5. The molecule has 7 heteroatoms. The van der Waals surface area contributed by atoms with Gasteiger partial charge >= 0.3 is 0 Å². The van der Waals surface area contributed by atoms with Crippen molar-refractivity contribution in [3.8, 4) is 0 Å². The predicted molar refractivity (Wildman–Crippen MR) is 124 cm³/mol. The third kappa shape index (κ3) is 7.19. The molecule has 0 bridgehead atoms. The van der Waals surface area contributed by atoms with Crippen molar-refractivity contribution in [3.63, 3.8) is 0 Å². The molecule has 2 amide bonds. The van der Waals surface area contributed by atoms with Crippen molar-refractivity contribution in [2.24, 2.45) is 0 Å². The van der Waals surface area contributed by atoms with Crippen LogP contribution in [0, 0.1) is 0 Å². The van der Waals surface area contributed by atoms with E-state index in [0.29, 0.717) is 28.0 Å². The Morgan fingerprint density at radius 3 is 2.43 bits per heavy atom. The molecule has 0 fully saturated rings. The van der Waals surface area contributed by atoms with Crippen molar-refractivity contribution in [3.05, 3.63) is 68.7 Å². The van der Waals surface area contributed by atoms with Gasteiger partial charge in [-0.25, -0.2) is 0 Å². The molecule has 0 saturated heterocycles. The SMILES string of the molecule is CCCCNC(=O)[C@@H](C)N(Cc1ccc(Cl)cc1Cl)C(=O)CCc1ccccc1Cl. The number of aryl methyl sites for hydroxylation is 1. The summed E-state index contributed by atoms with van der Waals surface area (Å²) >= 11 is 18.5. The molecule has 0 heterocycles. The van der Waals surface area contributed by atoms with Crippen molar-refractivity contribution in [2.45, 2.75) is 52.1 Å². The van der Waals surface area contributed by atoms with Crippen LogP contribution in [-0.2, 0) is 22.6 Å². The van der Waals surface area contributed by atoms with Gasteiger partial charge in [-0.2, -0.15) is 0 Å². The maximum Gasteiger partial charge on any atom is 0.242 e. The minimum absolute atomic E-state index is 0.140. The monoisotopic (exact) mass is 468 g/mol. The fourth-order valence-electron chi connectivity index (χ4n) is 3.04. The Labute approximate surface area is 193 Å². The molecule has 0 saturated carbocycles. The number of nitrogens with one attached hydrogen (secondary N) is 1. The molecule has 30 heavy (non-hydrogen) atoms. The Hall–Kier alpha value is -1.75. The number of unbranched alkanes of at least 4 members (excludes halogenated alkanes) is 1. The average Bonchev–Trinajstić information content (AvgIpc) is 2.72. The van der Waals surface area contributed by atoms with Crippen molar-refractivity contribution < 1.29 is 9.59 Å². The van der Waals surface area contributed by atoms with E-state index < -0.39 is 6.04 Å². The summed E-state index contributed by atoms with van der Waals surface area (Å²) in [5.74, 6) is -0.321. The predicted octanol–water partition coefficient (Wildman–Crippen LogP) is 5.91. The van der Waals surface area contributed by atoms with Crippen LogP contribution in [0.4, 0.5) is 0 Å². The van der Waals surface area contributed by atoms with Gasteiger partial charge in [0.1, 0.15) is 6.04 Å². The molecule has 0 aliphatic rings. The molecule has 2 aromatic carbocycles. The lowest BCUT2D eigenvalue weighted by Crippen LogP contribution is -2.47. The van der Waals surface area contributed by atoms with Gasteiger partial charge in [-0.1, -0.05) is 72.4 Å². The van der Waals surface area contributed by atoms with Crippen molar-refractivity contribution in [1.82, 2.24) is 10.2 Å². The van der Waals surface area contributed by atoms with Crippen molar-refractivity contribution in [2.75, 3.05) is 6.54 Å². The van der Waals surface area contributed by atoms with Crippen LogP contribution in [0.1, 0.15) is 44.2 Å². The fraction of sp³-hybridized carbons (Fsp3) is 0.391. The maximum atomic E-state index is 13.1. The number of carbonyl (C=O) groups excluding carboxylic acids is 2. The van der Waals surface area contributed by atoms with E-state index in [4.69, 9.17) is 34.8 Å². The Balaban J connectivity index is 2.17. The van der Waals surface area contributed by atoms with E-state index in [1.165, 1.54) is 0 Å². The molecular formula is C23H27Cl3N2O2. The smallest absolute Gasteiger partial charge is 0.242 e. The molecule has 0 unspecified atom stereocenters. The highest BCUT2D eigenvalue weighted by atomic mass is 35.5. The van der Waals surface area contributed by atoms with Gasteiger partial charge < -0.3 is 10.2 Å². The number of halogens is 3. The minimum Gasteiger partial charge on any atom is -0.354 e. The highest BCUT2D eigenvalue weighted by Gasteiger charge is 2.26. The van der Waals surface area contributed by atoms with E-state index in [-0.39, 0.29) is 24.8 Å². The number of carbonyl (C=O) groups is 2. The number of nitrogens with zero attached hydrogens (tertiary/aromatic N) is 1. The zero-order valence-corrected chi connectivity index (χ0v) is 19.5. The second kappa shape index (κ2) is 12.2. The third-order valence-electron chi connectivity index (χ3n) is 4.92. The van der Waals surface area contributed by atoms with Crippen LogP contribution in [0.3, 0.4) is 0 Å². The molecule has 1 atom stereocenters. The summed E-state index contributed by atoms with van der Waals surface area (Å²) in [6.07, 6.45) is 2.60. The normalized spacial score (nSPS) is 11.8. The molecule has 162 valence electrons. The number of rotatable bonds is 10. The lowest BCUT2D eigenvalue weighted by atomic mass is 10.1. The molecule has 1 N–H and O–H groups in total. The first-order valence-corrected chi connectivity index (χ1v) is 11.2. The van der Waals surface area contributed by atoms with E-state index in [9.17, 15) is 9.59 Å². The molecule has 0 aromatic heterocycles. The van der Waals surface area contributed by atoms with Crippen LogP contribution < -0.4 is 5.32 Å². The molecule has 4 nitrogen and oxygen atoms in total. The molecule has 2 rings (SSSR count). The molecule has 0 aliphatic heterocycles. The molecule has 2 aromatic rings. The maximum absolute atomic E-state index is 13.1. The second-order valence-corrected chi connectivity index (χ2v) is 8.42. The zero-order valence-electron chi connectivity index (χ0n) is 17.3. The lowest BCUT2D eigenvalue weighted by molar-refractivity contribution is -0.140. The van der Waals surface area contributed by atoms with Crippen LogP contribution in [-0.4, -0.2) is 29.3 Å². The van der Waals surface area contributed by atoms with Gasteiger partial charge in [0.15, 0.2) is 0 Å². The van der Waals surface area contributed by atoms with Gasteiger partial charge in [0.2, 0.25) is 11.8 Å². The Bertz CT molecular complexity index is 873. The minimum atomic E-state index is -0.632. The summed E-state index contributed by atoms with van der Waals surface area (Å²) in [5, 5.41) is 4.51. The summed E-state index contributed by atoms with van der Waals surface area (Å²) in [4.78, 5) is 27.3. The molecule has 0 spiro atoms. The topological polar surface area (TPSA) is 49.4 Å². The van der Waals surface area contributed by atoms with Crippen molar-refractivity contribution in [1.29, 1.82) is 0 Å².